The Hall–Kier alpha value is -3.88. The number of nitro groups is 1. The monoisotopic (exact) mass is 382 g/mol. The van der Waals surface area contributed by atoms with Gasteiger partial charge in [0.1, 0.15) is 17.2 Å². The molecule has 1 N–H and O–H groups in total. The van der Waals surface area contributed by atoms with Crippen LogP contribution in [0.1, 0.15) is 21.6 Å². The number of hydrogen-bond acceptors (Lipinski definition) is 5. The molecule has 1 amide bonds. The first-order valence-electron chi connectivity index (χ1n) is 8.23. The molecule has 1 aromatic heterocycles. The molecule has 0 aliphatic carbocycles. The topological polar surface area (TPSA) is 107 Å². The van der Waals surface area contributed by atoms with Crippen LogP contribution >= 0.6 is 0 Å². The van der Waals surface area contributed by atoms with E-state index in [0.717, 1.165) is 4.68 Å². The van der Waals surface area contributed by atoms with Crippen molar-refractivity contribution in [3.8, 4) is 0 Å². The molecule has 1 heterocycles. The van der Waals surface area contributed by atoms with Crippen molar-refractivity contribution >= 4 is 17.3 Å². The van der Waals surface area contributed by atoms with Gasteiger partial charge in [0.2, 0.25) is 0 Å². The molecule has 0 saturated carbocycles. The maximum Gasteiger partial charge on any atom is 0.293 e. The Morgan fingerprint density at radius 1 is 1.18 bits per heavy atom. The van der Waals surface area contributed by atoms with Gasteiger partial charge in [-0.2, -0.15) is 5.10 Å². The molecule has 3 rings (SSSR count). The number of carbonyl (C=O) groups is 1. The summed E-state index contributed by atoms with van der Waals surface area (Å²) in [7, 11) is 0. The van der Waals surface area contributed by atoms with Crippen LogP contribution in [0.15, 0.2) is 59.4 Å². The van der Waals surface area contributed by atoms with Gasteiger partial charge in [-0.3, -0.25) is 19.7 Å². The smallest absolute Gasteiger partial charge is 0.293 e. The Morgan fingerprint density at radius 3 is 2.57 bits per heavy atom. The number of para-hydroxylation sites is 1. The molecule has 2 aromatic carbocycles. The third kappa shape index (κ3) is 4.09. The van der Waals surface area contributed by atoms with Crippen LogP contribution < -0.4 is 10.9 Å². The Kier molecular flexibility index (Phi) is 5.25. The van der Waals surface area contributed by atoms with Gasteiger partial charge in [0.25, 0.3) is 17.2 Å². The highest BCUT2D eigenvalue weighted by Crippen LogP contribution is 2.27. The predicted molar refractivity (Wildman–Crippen MR) is 99.8 cm³/mol. The summed E-state index contributed by atoms with van der Waals surface area (Å²) in [6.45, 7) is 1.68. The maximum absolute atomic E-state index is 13.0. The first-order chi connectivity index (χ1) is 13.3. The third-order valence-electron chi connectivity index (χ3n) is 4.03. The lowest BCUT2D eigenvalue weighted by atomic mass is 10.1. The van der Waals surface area contributed by atoms with Gasteiger partial charge >= 0.3 is 0 Å². The molecular formula is C19H15FN4O4. The van der Waals surface area contributed by atoms with Gasteiger partial charge in [-0.1, -0.05) is 24.3 Å². The summed E-state index contributed by atoms with van der Waals surface area (Å²) in [5, 5.41) is 17.7. The fourth-order valence-corrected chi connectivity index (χ4v) is 2.59. The normalized spacial score (nSPS) is 10.5. The highest BCUT2D eigenvalue weighted by molar-refractivity contribution is 6.04. The largest absolute Gasteiger partial charge is 0.315 e. The number of nitrogens with zero attached hydrogens (tertiary/aromatic N) is 3. The van der Waals surface area contributed by atoms with Crippen LogP contribution in [0.2, 0.25) is 0 Å². The average Bonchev–Trinajstić information content (AvgIpc) is 2.66. The van der Waals surface area contributed by atoms with Crippen molar-refractivity contribution < 1.29 is 14.1 Å². The SMILES string of the molecule is Cc1cccc([N+](=O)[O-])c1NC(=O)c1ccc(=O)n(Cc2ccc(F)cc2)n1. The molecule has 9 heteroatoms. The van der Waals surface area contributed by atoms with Crippen LogP contribution in [0.25, 0.3) is 0 Å². The van der Waals surface area contributed by atoms with Gasteiger partial charge in [-0.25, -0.2) is 9.07 Å². The fourth-order valence-electron chi connectivity index (χ4n) is 2.59. The van der Waals surface area contributed by atoms with Crippen molar-refractivity contribution in [2.75, 3.05) is 5.32 Å². The summed E-state index contributed by atoms with van der Waals surface area (Å²) in [5.74, 6) is -1.10. The number of anilines is 1. The van der Waals surface area contributed by atoms with Crippen LogP contribution in [-0.2, 0) is 6.54 Å². The molecule has 0 bridgehead atoms. The first kappa shape index (κ1) is 18.9. The van der Waals surface area contributed by atoms with E-state index >= 15 is 0 Å². The van der Waals surface area contributed by atoms with Crippen molar-refractivity contribution in [3.05, 3.63) is 97.7 Å². The van der Waals surface area contributed by atoms with Crippen molar-refractivity contribution in [2.24, 2.45) is 0 Å². The lowest BCUT2D eigenvalue weighted by molar-refractivity contribution is -0.384. The van der Waals surface area contributed by atoms with Crippen LogP contribution in [0.5, 0.6) is 0 Å². The molecular weight excluding hydrogens is 367 g/mol. The summed E-state index contributed by atoms with van der Waals surface area (Å²) in [6.07, 6.45) is 0. The Bertz CT molecular complexity index is 1110. The molecule has 8 nitrogen and oxygen atoms in total. The number of hydrogen-bond donors (Lipinski definition) is 1. The predicted octanol–water partition coefficient (Wildman–Crippen LogP) is 2.90. The minimum atomic E-state index is -0.690. The van der Waals surface area contributed by atoms with Crippen molar-refractivity contribution in [2.45, 2.75) is 13.5 Å². The lowest BCUT2D eigenvalue weighted by Gasteiger charge is -2.10. The Morgan fingerprint density at radius 2 is 1.89 bits per heavy atom. The van der Waals surface area contributed by atoms with E-state index in [4.69, 9.17) is 0 Å². The van der Waals surface area contributed by atoms with E-state index in [-0.39, 0.29) is 23.6 Å². The van der Waals surface area contributed by atoms with Crippen molar-refractivity contribution in [3.63, 3.8) is 0 Å². The number of aromatic nitrogens is 2. The van der Waals surface area contributed by atoms with Gasteiger partial charge in [0.15, 0.2) is 0 Å². The zero-order chi connectivity index (χ0) is 20.3. The second kappa shape index (κ2) is 7.78. The van der Waals surface area contributed by atoms with Crippen molar-refractivity contribution in [1.82, 2.24) is 9.78 Å². The minimum absolute atomic E-state index is 0.0464. The second-order valence-corrected chi connectivity index (χ2v) is 6.02. The number of nitro benzene ring substituents is 1. The maximum atomic E-state index is 13.0. The zero-order valence-electron chi connectivity index (χ0n) is 14.8. The number of carbonyl (C=O) groups excluding carboxylic acids is 1. The minimum Gasteiger partial charge on any atom is -0.315 e. The highest BCUT2D eigenvalue weighted by atomic mass is 19.1. The molecule has 0 aliphatic rings. The average molecular weight is 382 g/mol. The van der Waals surface area contributed by atoms with Crippen LogP contribution in [0, 0.1) is 22.9 Å². The summed E-state index contributed by atoms with van der Waals surface area (Å²) >= 11 is 0. The summed E-state index contributed by atoms with van der Waals surface area (Å²) in [4.78, 5) is 35.2. The van der Waals surface area contributed by atoms with E-state index in [9.17, 15) is 24.1 Å². The van der Waals surface area contributed by atoms with E-state index in [0.29, 0.717) is 11.1 Å². The second-order valence-electron chi connectivity index (χ2n) is 6.02. The molecule has 0 atom stereocenters. The van der Waals surface area contributed by atoms with Crippen LogP contribution in [0.4, 0.5) is 15.8 Å². The molecule has 0 saturated heterocycles. The Labute approximate surface area is 158 Å². The number of halogens is 1. The third-order valence-corrected chi connectivity index (χ3v) is 4.03. The molecule has 142 valence electrons. The molecule has 0 spiro atoms. The number of amides is 1. The molecule has 28 heavy (non-hydrogen) atoms. The van der Waals surface area contributed by atoms with Gasteiger partial charge in [-0.05, 0) is 36.2 Å². The van der Waals surface area contributed by atoms with Gasteiger partial charge in [0, 0.05) is 12.1 Å². The van der Waals surface area contributed by atoms with Crippen LogP contribution in [-0.4, -0.2) is 20.6 Å². The van der Waals surface area contributed by atoms with E-state index < -0.39 is 22.2 Å². The number of nitrogens with one attached hydrogen (secondary N) is 1. The van der Waals surface area contributed by atoms with Gasteiger partial charge < -0.3 is 5.32 Å². The molecule has 0 aliphatic heterocycles. The van der Waals surface area contributed by atoms with E-state index in [1.807, 2.05) is 0 Å². The molecule has 0 fully saturated rings. The highest BCUT2D eigenvalue weighted by Gasteiger charge is 2.19. The zero-order valence-corrected chi connectivity index (χ0v) is 14.8. The Balaban J connectivity index is 1.88. The molecule has 0 radical (unpaired) electrons. The lowest BCUT2D eigenvalue weighted by Crippen LogP contribution is -2.26. The molecule has 3 aromatic rings. The van der Waals surface area contributed by atoms with Gasteiger partial charge in [-0.15, -0.1) is 0 Å². The van der Waals surface area contributed by atoms with E-state index in [2.05, 4.69) is 10.4 Å². The molecule has 0 unspecified atom stereocenters. The van der Waals surface area contributed by atoms with Crippen molar-refractivity contribution in [1.29, 1.82) is 0 Å². The first-order valence-corrected chi connectivity index (χ1v) is 8.23. The summed E-state index contributed by atoms with van der Waals surface area (Å²) < 4.78 is 14.1. The summed E-state index contributed by atoms with van der Waals surface area (Å²) in [6, 6.07) is 12.4. The number of benzene rings is 2. The van der Waals surface area contributed by atoms with E-state index in [1.165, 1.54) is 48.5 Å². The number of aryl methyl sites for hydroxylation is 1. The standard InChI is InChI=1S/C19H15FN4O4/c1-12-3-2-4-16(24(27)28)18(12)21-19(26)15-9-10-17(25)23(22-15)11-13-5-7-14(20)8-6-13/h2-10H,11H2,1H3,(H,21,26). The van der Waals surface area contributed by atoms with Crippen LogP contribution in [0.3, 0.4) is 0 Å². The quantitative estimate of drug-likeness (QED) is 0.539. The fraction of sp³-hybridized carbons (Fsp3) is 0.105. The summed E-state index contributed by atoms with van der Waals surface area (Å²) in [5.41, 5.74) is 0.441. The van der Waals surface area contributed by atoms with E-state index in [1.54, 1.807) is 13.0 Å². The van der Waals surface area contributed by atoms with Gasteiger partial charge in [0.05, 0.1) is 11.5 Å². The number of rotatable bonds is 5.